The van der Waals surface area contributed by atoms with E-state index < -0.39 is 0 Å². The Balaban J connectivity index is 2.43. The summed E-state index contributed by atoms with van der Waals surface area (Å²) in [5, 5.41) is 1.26. The summed E-state index contributed by atoms with van der Waals surface area (Å²) in [6.07, 6.45) is 0.996. The van der Waals surface area contributed by atoms with E-state index in [1.165, 1.54) is 12.2 Å². The lowest BCUT2D eigenvalue weighted by atomic mass is 10.1. The van der Waals surface area contributed by atoms with Crippen molar-refractivity contribution in [3.63, 3.8) is 0 Å². The maximum atomic E-state index is 11.4. The molecular formula is C8H15NO3. The fourth-order valence-electron chi connectivity index (χ4n) is 1.34. The van der Waals surface area contributed by atoms with Gasteiger partial charge in [0.1, 0.15) is 0 Å². The largest absolute Gasteiger partial charge is 0.378 e. The van der Waals surface area contributed by atoms with E-state index >= 15 is 0 Å². The van der Waals surface area contributed by atoms with Gasteiger partial charge in [0.25, 0.3) is 5.91 Å². The minimum Gasteiger partial charge on any atom is -0.378 e. The van der Waals surface area contributed by atoms with Crippen molar-refractivity contribution in [1.82, 2.24) is 5.06 Å². The van der Waals surface area contributed by atoms with E-state index in [0.29, 0.717) is 6.61 Å². The van der Waals surface area contributed by atoms with E-state index in [4.69, 9.17) is 9.57 Å². The van der Waals surface area contributed by atoms with Crippen LogP contribution in [0.25, 0.3) is 0 Å². The van der Waals surface area contributed by atoms with Crippen LogP contribution in [-0.4, -0.2) is 37.8 Å². The second-order valence-corrected chi connectivity index (χ2v) is 3.09. The molecule has 1 saturated heterocycles. The number of carbonyl (C=O) groups is 1. The first-order valence-electron chi connectivity index (χ1n) is 4.08. The lowest BCUT2D eigenvalue weighted by molar-refractivity contribution is -0.173. The van der Waals surface area contributed by atoms with Gasteiger partial charge < -0.3 is 4.74 Å². The fraction of sp³-hybridized carbons (Fsp3) is 0.875. The number of carbonyl (C=O) groups excluding carboxylic acids is 1. The molecule has 4 heteroatoms. The minimum atomic E-state index is -0.0232. The summed E-state index contributed by atoms with van der Waals surface area (Å²) in [4.78, 5) is 16.2. The highest BCUT2D eigenvalue weighted by molar-refractivity contribution is 5.77. The second kappa shape index (κ2) is 3.87. The van der Waals surface area contributed by atoms with Gasteiger partial charge in [-0.1, -0.05) is 0 Å². The number of amides is 1. The lowest BCUT2D eigenvalue weighted by Gasteiger charge is -2.16. The van der Waals surface area contributed by atoms with Crippen molar-refractivity contribution >= 4 is 5.91 Å². The van der Waals surface area contributed by atoms with Crippen LogP contribution in [0.3, 0.4) is 0 Å². The Kier molecular flexibility index (Phi) is 3.05. The average Bonchev–Trinajstić information content (AvgIpc) is 2.49. The normalized spacial score (nSPS) is 28.9. The SMILES string of the molecule is CON(C)C(=O)[C@@H]1CO[C@H](C)C1. The van der Waals surface area contributed by atoms with Crippen molar-refractivity contribution in [3.05, 3.63) is 0 Å². The Morgan fingerprint density at radius 2 is 2.33 bits per heavy atom. The van der Waals surface area contributed by atoms with Crippen LogP contribution in [0, 0.1) is 5.92 Å². The highest BCUT2D eigenvalue weighted by atomic mass is 16.7. The van der Waals surface area contributed by atoms with Crippen LogP contribution in [0.1, 0.15) is 13.3 Å². The average molecular weight is 173 g/mol. The summed E-state index contributed by atoms with van der Waals surface area (Å²) >= 11 is 0. The number of hydrogen-bond acceptors (Lipinski definition) is 3. The Bertz CT molecular complexity index is 172. The van der Waals surface area contributed by atoms with Crippen LogP contribution in [-0.2, 0) is 14.4 Å². The highest BCUT2D eigenvalue weighted by Gasteiger charge is 2.30. The Morgan fingerprint density at radius 1 is 1.67 bits per heavy atom. The second-order valence-electron chi connectivity index (χ2n) is 3.09. The van der Waals surface area contributed by atoms with Crippen molar-refractivity contribution in [2.24, 2.45) is 5.92 Å². The molecule has 0 bridgehead atoms. The van der Waals surface area contributed by atoms with Crippen molar-refractivity contribution in [1.29, 1.82) is 0 Å². The first-order valence-corrected chi connectivity index (χ1v) is 4.08. The van der Waals surface area contributed by atoms with Crippen LogP contribution in [0.5, 0.6) is 0 Å². The zero-order chi connectivity index (χ0) is 9.14. The molecule has 0 aromatic rings. The Labute approximate surface area is 72.4 Å². The summed E-state index contributed by atoms with van der Waals surface area (Å²) < 4.78 is 5.28. The molecule has 0 aliphatic carbocycles. The molecule has 0 aromatic carbocycles. The van der Waals surface area contributed by atoms with Crippen LogP contribution >= 0.6 is 0 Å². The van der Waals surface area contributed by atoms with Gasteiger partial charge in [-0.3, -0.25) is 9.63 Å². The summed E-state index contributed by atoms with van der Waals surface area (Å²) in [6.45, 7) is 2.49. The predicted octanol–water partition coefficient (Wildman–Crippen LogP) is 0.431. The molecule has 1 rings (SSSR count). The molecule has 0 N–H and O–H groups in total. The number of hydroxylamine groups is 2. The molecule has 0 spiro atoms. The molecule has 1 aliphatic heterocycles. The zero-order valence-corrected chi connectivity index (χ0v) is 7.74. The maximum Gasteiger partial charge on any atom is 0.251 e. The van der Waals surface area contributed by atoms with Crippen molar-refractivity contribution in [2.45, 2.75) is 19.4 Å². The molecule has 1 fully saturated rings. The monoisotopic (exact) mass is 173 g/mol. The van der Waals surface area contributed by atoms with E-state index in [0.717, 1.165) is 6.42 Å². The molecule has 70 valence electrons. The van der Waals surface area contributed by atoms with Gasteiger partial charge in [-0.25, -0.2) is 5.06 Å². The smallest absolute Gasteiger partial charge is 0.251 e. The van der Waals surface area contributed by atoms with Crippen LogP contribution in [0.4, 0.5) is 0 Å². The summed E-state index contributed by atoms with van der Waals surface area (Å²) in [7, 11) is 3.10. The standard InChI is InChI=1S/C8H15NO3/c1-6-4-7(5-12-6)8(10)9(2)11-3/h6-7H,4-5H2,1-3H3/t6-,7+/m1/s1. The molecule has 4 nitrogen and oxygen atoms in total. The molecule has 2 atom stereocenters. The first-order chi connectivity index (χ1) is 5.65. The number of hydrogen-bond donors (Lipinski definition) is 0. The van der Waals surface area contributed by atoms with Crippen molar-refractivity contribution < 1.29 is 14.4 Å². The molecule has 0 unspecified atom stereocenters. The highest BCUT2D eigenvalue weighted by Crippen LogP contribution is 2.20. The molecule has 0 radical (unpaired) electrons. The Hall–Kier alpha value is -0.610. The van der Waals surface area contributed by atoms with E-state index in [-0.39, 0.29) is 17.9 Å². The van der Waals surface area contributed by atoms with E-state index in [2.05, 4.69) is 0 Å². The van der Waals surface area contributed by atoms with Gasteiger partial charge in [0.05, 0.1) is 25.7 Å². The molecule has 0 aromatic heterocycles. The van der Waals surface area contributed by atoms with Gasteiger partial charge in [0, 0.05) is 7.05 Å². The van der Waals surface area contributed by atoms with Gasteiger partial charge >= 0.3 is 0 Å². The molecular weight excluding hydrogens is 158 g/mol. The van der Waals surface area contributed by atoms with Crippen molar-refractivity contribution in [3.8, 4) is 0 Å². The summed E-state index contributed by atoms with van der Waals surface area (Å²) in [6, 6.07) is 0. The number of nitrogens with zero attached hydrogens (tertiary/aromatic N) is 1. The van der Waals surface area contributed by atoms with Crippen LogP contribution in [0.2, 0.25) is 0 Å². The van der Waals surface area contributed by atoms with Gasteiger partial charge in [-0.2, -0.15) is 0 Å². The van der Waals surface area contributed by atoms with Crippen LogP contribution in [0.15, 0.2) is 0 Å². The first kappa shape index (κ1) is 9.48. The van der Waals surface area contributed by atoms with Gasteiger partial charge in [0.15, 0.2) is 0 Å². The van der Waals surface area contributed by atoms with Crippen LogP contribution < -0.4 is 0 Å². The summed E-state index contributed by atoms with van der Waals surface area (Å²) in [5.41, 5.74) is 0. The third-order valence-electron chi connectivity index (χ3n) is 2.13. The number of rotatable bonds is 2. The quantitative estimate of drug-likeness (QED) is 0.568. The Morgan fingerprint density at radius 3 is 2.75 bits per heavy atom. The topological polar surface area (TPSA) is 38.8 Å². The van der Waals surface area contributed by atoms with Gasteiger partial charge in [0.2, 0.25) is 0 Å². The van der Waals surface area contributed by atoms with Gasteiger partial charge in [-0.15, -0.1) is 0 Å². The fourth-order valence-corrected chi connectivity index (χ4v) is 1.34. The van der Waals surface area contributed by atoms with Crippen molar-refractivity contribution in [2.75, 3.05) is 20.8 Å². The van der Waals surface area contributed by atoms with Gasteiger partial charge in [-0.05, 0) is 13.3 Å². The molecule has 1 amide bonds. The number of ether oxygens (including phenoxy) is 1. The molecule has 12 heavy (non-hydrogen) atoms. The lowest BCUT2D eigenvalue weighted by Crippen LogP contribution is -2.32. The molecule has 1 heterocycles. The molecule has 0 saturated carbocycles. The zero-order valence-electron chi connectivity index (χ0n) is 7.74. The van der Waals surface area contributed by atoms with E-state index in [9.17, 15) is 4.79 Å². The maximum absolute atomic E-state index is 11.4. The third kappa shape index (κ3) is 1.95. The third-order valence-corrected chi connectivity index (χ3v) is 2.13. The van der Waals surface area contributed by atoms with E-state index in [1.54, 1.807) is 7.05 Å². The minimum absolute atomic E-state index is 0.00171. The molecule has 1 aliphatic rings. The summed E-state index contributed by atoms with van der Waals surface area (Å²) in [5.74, 6) is -0.0215. The van der Waals surface area contributed by atoms with E-state index in [1.807, 2.05) is 6.92 Å². The predicted molar refractivity (Wildman–Crippen MR) is 43.3 cm³/mol.